The number of rotatable bonds is 5. The number of alkyl halides is 3. The number of halogens is 4. The predicted molar refractivity (Wildman–Crippen MR) is 109 cm³/mol. The van der Waals surface area contributed by atoms with Crippen LogP contribution in [0.5, 0.6) is 5.75 Å². The quantitative estimate of drug-likeness (QED) is 0.421. The highest BCUT2D eigenvalue weighted by molar-refractivity contribution is 7.89. The maximum absolute atomic E-state index is 14.1. The van der Waals surface area contributed by atoms with Crippen LogP contribution in [0.15, 0.2) is 65.6 Å². The lowest BCUT2D eigenvalue weighted by Crippen LogP contribution is -2.13. The van der Waals surface area contributed by atoms with Crippen LogP contribution in [0.4, 0.5) is 17.6 Å². The van der Waals surface area contributed by atoms with Crippen LogP contribution in [-0.4, -0.2) is 18.4 Å². The van der Waals surface area contributed by atoms with Crippen LogP contribution in [-0.2, 0) is 22.8 Å². The van der Waals surface area contributed by atoms with Crippen molar-refractivity contribution < 1.29 is 30.7 Å². The summed E-state index contributed by atoms with van der Waals surface area (Å²) in [6.07, 6.45) is -4.84. The van der Waals surface area contributed by atoms with Crippen molar-refractivity contribution in [2.24, 2.45) is 5.14 Å². The Kier molecular flexibility index (Phi) is 5.39. The maximum Gasteiger partial charge on any atom is 0.419 e. The number of aromatic nitrogens is 2. The number of sulfonamides is 1. The Hall–Kier alpha value is -3.44. The van der Waals surface area contributed by atoms with Gasteiger partial charge in [0, 0.05) is 5.56 Å². The van der Waals surface area contributed by atoms with Gasteiger partial charge in [-0.05, 0) is 35.9 Å². The lowest BCUT2D eigenvalue weighted by atomic mass is 10.1. The van der Waals surface area contributed by atoms with Gasteiger partial charge in [0.15, 0.2) is 11.6 Å². The number of nitrogens with zero attached hydrogens (tertiary/aromatic N) is 1. The molecule has 0 aliphatic heterocycles. The Bertz CT molecular complexity index is 1420. The molecule has 0 bridgehead atoms. The van der Waals surface area contributed by atoms with Gasteiger partial charge in [-0.25, -0.2) is 22.9 Å². The van der Waals surface area contributed by atoms with Gasteiger partial charge in [-0.15, -0.1) is 0 Å². The van der Waals surface area contributed by atoms with Crippen molar-refractivity contribution >= 4 is 21.1 Å². The summed E-state index contributed by atoms with van der Waals surface area (Å²) in [5.41, 5.74) is 0.565. The molecule has 0 aliphatic carbocycles. The standard InChI is InChI=1S/C21H15F4N3O3S/c22-20-14(21(23,24)25)5-3-6-17(20)31-11-19-27-15-9-8-12(10-16(15)28-19)13-4-1-2-7-18(13)32(26,29)30/h1-10H,11H2,(H,27,28)(H2,26,29,30). The van der Waals surface area contributed by atoms with Crippen molar-refractivity contribution in [1.29, 1.82) is 0 Å². The van der Waals surface area contributed by atoms with Crippen LogP contribution in [0.2, 0.25) is 0 Å². The molecule has 0 fully saturated rings. The minimum atomic E-state index is -4.84. The molecule has 0 unspecified atom stereocenters. The van der Waals surface area contributed by atoms with E-state index >= 15 is 0 Å². The zero-order chi connectivity index (χ0) is 23.1. The van der Waals surface area contributed by atoms with Crippen molar-refractivity contribution in [3.05, 3.63) is 77.9 Å². The largest absolute Gasteiger partial charge is 0.483 e. The number of hydrogen-bond donors (Lipinski definition) is 2. The number of primary sulfonamides is 1. The maximum atomic E-state index is 14.1. The van der Waals surface area contributed by atoms with Crippen LogP contribution in [0, 0.1) is 5.82 Å². The SMILES string of the molecule is NS(=O)(=O)c1ccccc1-c1ccc2nc(COc3cccc(C(F)(F)F)c3F)[nH]c2c1. The van der Waals surface area contributed by atoms with E-state index in [2.05, 4.69) is 9.97 Å². The molecule has 0 aliphatic rings. The highest BCUT2D eigenvalue weighted by atomic mass is 32.2. The third-order valence-corrected chi connectivity index (χ3v) is 5.64. The van der Waals surface area contributed by atoms with Gasteiger partial charge in [-0.3, -0.25) is 0 Å². The summed E-state index contributed by atoms with van der Waals surface area (Å²) in [6, 6.07) is 13.9. The minimum Gasteiger partial charge on any atom is -0.483 e. The molecular weight excluding hydrogens is 450 g/mol. The summed E-state index contributed by atoms with van der Waals surface area (Å²) >= 11 is 0. The fourth-order valence-corrected chi connectivity index (χ4v) is 4.00. The second-order valence-corrected chi connectivity index (χ2v) is 8.39. The lowest BCUT2D eigenvalue weighted by molar-refractivity contribution is -0.140. The molecule has 0 saturated heterocycles. The molecule has 0 spiro atoms. The monoisotopic (exact) mass is 465 g/mol. The molecule has 6 nitrogen and oxygen atoms in total. The molecule has 4 aromatic rings. The molecular formula is C21H15F4N3O3S. The molecule has 3 N–H and O–H groups in total. The van der Waals surface area contributed by atoms with E-state index in [1.54, 1.807) is 36.4 Å². The first-order chi connectivity index (χ1) is 15.0. The summed E-state index contributed by atoms with van der Waals surface area (Å²) in [6.45, 7) is -0.310. The van der Waals surface area contributed by atoms with Gasteiger partial charge in [0.2, 0.25) is 10.0 Å². The van der Waals surface area contributed by atoms with Crippen molar-refractivity contribution in [2.75, 3.05) is 0 Å². The molecule has 0 atom stereocenters. The molecule has 0 amide bonds. The lowest BCUT2D eigenvalue weighted by Gasteiger charge is -2.11. The number of hydrogen-bond acceptors (Lipinski definition) is 4. The average molecular weight is 465 g/mol. The number of benzene rings is 3. The Morgan fingerprint density at radius 1 is 1.03 bits per heavy atom. The van der Waals surface area contributed by atoms with Crippen LogP contribution in [0.3, 0.4) is 0 Å². The molecule has 0 radical (unpaired) electrons. The van der Waals surface area contributed by atoms with Gasteiger partial charge in [0.25, 0.3) is 0 Å². The number of nitrogens with one attached hydrogen (secondary N) is 1. The molecule has 4 rings (SSSR count). The number of ether oxygens (including phenoxy) is 1. The van der Waals surface area contributed by atoms with E-state index in [-0.39, 0.29) is 17.3 Å². The predicted octanol–water partition coefficient (Wildman–Crippen LogP) is 4.61. The minimum absolute atomic E-state index is 0.0394. The van der Waals surface area contributed by atoms with E-state index in [0.29, 0.717) is 28.2 Å². The van der Waals surface area contributed by atoms with Crippen molar-refractivity contribution in [3.63, 3.8) is 0 Å². The Labute approximate surface area is 179 Å². The summed E-state index contributed by atoms with van der Waals surface area (Å²) in [4.78, 5) is 7.16. The van der Waals surface area contributed by atoms with E-state index in [9.17, 15) is 26.0 Å². The molecule has 1 heterocycles. The van der Waals surface area contributed by atoms with Crippen LogP contribution < -0.4 is 9.88 Å². The van der Waals surface area contributed by atoms with Crippen molar-refractivity contribution in [3.8, 4) is 16.9 Å². The summed E-state index contributed by atoms with van der Waals surface area (Å²) in [7, 11) is -3.95. The van der Waals surface area contributed by atoms with Gasteiger partial charge in [0.05, 0.1) is 21.5 Å². The first kappa shape index (κ1) is 21.8. The van der Waals surface area contributed by atoms with E-state index < -0.39 is 33.3 Å². The van der Waals surface area contributed by atoms with Crippen LogP contribution in [0.25, 0.3) is 22.2 Å². The summed E-state index contributed by atoms with van der Waals surface area (Å²) in [5.74, 6) is -1.81. The zero-order valence-corrected chi connectivity index (χ0v) is 17.0. The van der Waals surface area contributed by atoms with E-state index in [1.165, 1.54) is 6.07 Å². The highest BCUT2D eigenvalue weighted by Gasteiger charge is 2.35. The van der Waals surface area contributed by atoms with Gasteiger partial charge in [-0.2, -0.15) is 13.2 Å². The fraction of sp³-hybridized carbons (Fsp3) is 0.0952. The molecule has 166 valence electrons. The number of aromatic amines is 1. The van der Waals surface area contributed by atoms with E-state index in [4.69, 9.17) is 9.88 Å². The van der Waals surface area contributed by atoms with E-state index in [0.717, 1.165) is 12.1 Å². The normalized spacial score (nSPS) is 12.3. The summed E-state index contributed by atoms with van der Waals surface area (Å²) < 4.78 is 81.6. The molecule has 32 heavy (non-hydrogen) atoms. The summed E-state index contributed by atoms with van der Waals surface area (Å²) in [5, 5.41) is 5.29. The molecule has 0 saturated carbocycles. The topological polar surface area (TPSA) is 98.1 Å². The highest BCUT2D eigenvalue weighted by Crippen LogP contribution is 2.35. The van der Waals surface area contributed by atoms with Gasteiger partial charge < -0.3 is 9.72 Å². The number of imidazole rings is 1. The number of fused-ring (bicyclic) bond motifs is 1. The van der Waals surface area contributed by atoms with Gasteiger partial charge in [0.1, 0.15) is 12.4 Å². The van der Waals surface area contributed by atoms with E-state index in [1.807, 2.05) is 0 Å². The second-order valence-electron chi connectivity index (χ2n) is 6.86. The van der Waals surface area contributed by atoms with Crippen molar-refractivity contribution in [2.45, 2.75) is 17.7 Å². The molecule has 1 aromatic heterocycles. The van der Waals surface area contributed by atoms with Crippen LogP contribution in [0.1, 0.15) is 11.4 Å². The number of nitrogens with two attached hydrogens (primary N) is 1. The Balaban J connectivity index is 1.62. The first-order valence-corrected chi connectivity index (χ1v) is 10.7. The van der Waals surface area contributed by atoms with Crippen LogP contribution >= 0.6 is 0 Å². The third kappa shape index (κ3) is 4.30. The third-order valence-electron chi connectivity index (χ3n) is 4.67. The Morgan fingerprint density at radius 3 is 2.50 bits per heavy atom. The molecule has 11 heteroatoms. The van der Waals surface area contributed by atoms with Gasteiger partial charge >= 0.3 is 6.18 Å². The fourth-order valence-electron chi connectivity index (χ4n) is 3.24. The zero-order valence-electron chi connectivity index (χ0n) is 16.2. The second kappa shape index (κ2) is 7.92. The smallest absolute Gasteiger partial charge is 0.419 e. The Morgan fingerprint density at radius 2 is 1.78 bits per heavy atom. The van der Waals surface area contributed by atoms with Crippen molar-refractivity contribution in [1.82, 2.24) is 9.97 Å². The number of H-pyrrole nitrogens is 1. The average Bonchev–Trinajstić information content (AvgIpc) is 3.13. The van der Waals surface area contributed by atoms with Gasteiger partial charge in [-0.1, -0.05) is 30.3 Å². The molecule has 3 aromatic carbocycles. The first-order valence-electron chi connectivity index (χ1n) is 9.13.